The molecular weight excluding hydrogens is 358 g/mol. The summed E-state index contributed by atoms with van der Waals surface area (Å²) in [7, 11) is -3.65. The molecule has 2 bridgehead atoms. The molecule has 3 atom stereocenters. The van der Waals surface area contributed by atoms with Crippen LogP contribution in [-0.4, -0.2) is 35.9 Å². The molecule has 3 unspecified atom stereocenters. The van der Waals surface area contributed by atoms with Crippen molar-refractivity contribution in [2.45, 2.75) is 43.2 Å². The third kappa shape index (κ3) is 2.31. The van der Waals surface area contributed by atoms with Gasteiger partial charge in [0.15, 0.2) is 0 Å². The number of hydrogen-bond donors (Lipinski definition) is 1. The first kappa shape index (κ1) is 15.0. The lowest BCUT2D eigenvalue weighted by atomic mass is 9.89. The predicted octanol–water partition coefficient (Wildman–Crippen LogP) is 2.38. The Kier molecular flexibility index (Phi) is 3.62. The van der Waals surface area contributed by atoms with Crippen LogP contribution in [0.2, 0.25) is 0 Å². The van der Waals surface area contributed by atoms with Gasteiger partial charge in [-0.3, -0.25) is 4.79 Å². The largest absolute Gasteiger partial charge is 0.481 e. The van der Waals surface area contributed by atoms with Crippen LogP contribution in [0.15, 0.2) is 27.6 Å². The number of halogens is 1. The minimum absolute atomic E-state index is 0.181. The standard InChI is InChI=1S/C14H16BrNO4S/c1-8-2-3-9(15)6-13(8)21(19,20)16-10-4-5-12(16)11(7-10)14(17)18/h2-3,6,10-12H,4-5,7H2,1H3,(H,17,18). The number of nitrogens with zero attached hydrogens (tertiary/aromatic N) is 1. The molecule has 1 aromatic carbocycles. The summed E-state index contributed by atoms with van der Waals surface area (Å²) in [6.07, 6.45) is 1.81. The fraction of sp³-hybridized carbons (Fsp3) is 0.500. The highest BCUT2D eigenvalue weighted by atomic mass is 79.9. The number of fused-ring (bicyclic) bond motifs is 2. The van der Waals surface area contributed by atoms with Crippen molar-refractivity contribution in [2.24, 2.45) is 5.92 Å². The van der Waals surface area contributed by atoms with Crippen LogP contribution in [0.1, 0.15) is 24.8 Å². The summed E-state index contributed by atoms with van der Waals surface area (Å²) in [6, 6.07) is 4.56. The Bertz CT molecular complexity index is 703. The molecule has 1 N–H and O–H groups in total. The summed E-state index contributed by atoms with van der Waals surface area (Å²) >= 11 is 3.30. The number of rotatable bonds is 3. The van der Waals surface area contributed by atoms with Crippen molar-refractivity contribution < 1.29 is 18.3 Å². The maximum atomic E-state index is 12.9. The Labute approximate surface area is 132 Å². The van der Waals surface area contributed by atoms with Crippen LogP contribution in [-0.2, 0) is 14.8 Å². The normalized spacial score (nSPS) is 29.0. The minimum atomic E-state index is -3.65. The monoisotopic (exact) mass is 373 g/mol. The van der Waals surface area contributed by atoms with E-state index in [1.54, 1.807) is 25.1 Å². The van der Waals surface area contributed by atoms with Gasteiger partial charge in [-0.05, 0) is 43.9 Å². The van der Waals surface area contributed by atoms with Crippen molar-refractivity contribution in [1.29, 1.82) is 0 Å². The van der Waals surface area contributed by atoms with Crippen molar-refractivity contribution in [3.63, 3.8) is 0 Å². The summed E-state index contributed by atoms with van der Waals surface area (Å²) in [5.74, 6) is -1.47. The average Bonchev–Trinajstić information content (AvgIpc) is 2.99. The van der Waals surface area contributed by atoms with Crippen molar-refractivity contribution in [3.05, 3.63) is 28.2 Å². The lowest BCUT2D eigenvalue weighted by molar-refractivity contribution is -0.142. The lowest BCUT2D eigenvalue weighted by Crippen LogP contribution is -2.38. The number of aliphatic carboxylic acids is 1. The van der Waals surface area contributed by atoms with Crippen molar-refractivity contribution in [1.82, 2.24) is 4.31 Å². The maximum absolute atomic E-state index is 12.9. The molecule has 2 aliphatic heterocycles. The lowest BCUT2D eigenvalue weighted by Gasteiger charge is -2.23. The van der Waals surface area contributed by atoms with E-state index in [1.165, 1.54) is 4.31 Å². The van der Waals surface area contributed by atoms with Crippen LogP contribution in [0.5, 0.6) is 0 Å². The molecule has 5 nitrogen and oxygen atoms in total. The first-order valence-electron chi connectivity index (χ1n) is 6.85. The molecule has 114 valence electrons. The van der Waals surface area contributed by atoms with Gasteiger partial charge in [-0.15, -0.1) is 0 Å². The quantitative estimate of drug-likeness (QED) is 0.882. The molecule has 2 fully saturated rings. The second kappa shape index (κ2) is 5.07. The van der Waals surface area contributed by atoms with E-state index in [0.717, 1.165) is 6.42 Å². The third-order valence-electron chi connectivity index (χ3n) is 4.50. The van der Waals surface area contributed by atoms with Gasteiger partial charge >= 0.3 is 5.97 Å². The third-order valence-corrected chi connectivity index (χ3v) is 7.11. The van der Waals surface area contributed by atoms with E-state index in [2.05, 4.69) is 15.9 Å². The Balaban J connectivity index is 2.04. The minimum Gasteiger partial charge on any atom is -0.481 e. The van der Waals surface area contributed by atoms with Gasteiger partial charge in [0.1, 0.15) is 0 Å². The van der Waals surface area contributed by atoms with Gasteiger partial charge in [-0.1, -0.05) is 22.0 Å². The van der Waals surface area contributed by atoms with Crippen molar-refractivity contribution in [3.8, 4) is 0 Å². The van der Waals surface area contributed by atoms with Crippen LogP contribution in [0.25, 0.3) is 0 Å². The molecule has 7 heteroatoms. The van der Waals surface area contributed by atoms with Gasteiger partial charge in [-0.2, -0.15) is 4.31 Å². The summed E-state index contributed by atoms with van der Waals surface area (Å²) < 4.78 is 28.0. The predicted molar refractivity (Wildman–Crippen MR) is 80.5 cm³/mol. The fourth-order valence-electron chi connectivity index (χ4n) is 3.54. The number of sulfonamides is 1. The molecule has 21 heavy (non-hydrogen) atoms. The molecule has 1 aromatic rings. The van der Waals surface area contributed by atoms with E-state index in [1.807, 2.05) is 0 Å². The SMILES string of the molecule is Cc1ccc(Br)cc1S(=O)(=O)N1C2CCC1C(C(=O)O)C2. The number of aryl methyl sites for hydroxylation is 1. The zero-order valence-corrected chi connectivity index (χ0v) is 13.9. The second-order valence-electron chi connectivity index (χ2n) is 5.72. The van der Waals surface area contributed by atoms with Gasteiger partial charge in [0.2, 0.25) is 10.0 Å². The first-order valence-corrected chi connectivity index (χ1v) is 9.08. The maximum Gasteiger partial charge on any atom is 0.308 e. The van der Waals surface area contributed by atoms with E-state index in [9.17, 15) is 18.3 Å². The average molecular weight is 374 g/mol. The number of carbonyl (C=O) groups is 1. The van der Waals surface area contributed by atoms with Crippen LogP contribution in [0, 0.1) is 12.8 Å². The van der Waals surface area contributed by atoms with Gasteiger partial charge < -0.3 is 5.11 Å². The summed E-state index contributed by atoms with van der Waals surface area (Å²) in [4.78, 5) is 11.6. The fourth-order valence-corrected chi connectivity index (χ4v) is 6.23. The Hall–Kier alpha value is -0.920. The number of hydrogen-bond acceptors (Lipinski definition) is 3. The van der Waals surface area contributed by atoms with Crippen LogP contribution in [0.4, 0.5) is 0 Å². The molecule has 0 amide bonds. The number of benzene rings is 1. The Morgan fingerprint density at radius 3 is 2.71 bits per heavy atom. The van der Waals surface area contributed by atoms with Crippen LogP contribution >= 0.6 is 15.9 Å². The molecule has 3 rings (SSSR count). The molecule has 0 aliphatic carbocycles. The molecule has 2 aliphatic rings. The number of carboxylic acid groups (broad SMARTS) is 1. The molecule has 0 saturated carbocycles. The van der Waals surface area contributed by atoms with E-state index in [0.29, 0.717) is 22.9 Å². The molecule has 0 spiro atoms. The van der Waals surface area contributed by atoms with Crippen LogP contribution < -0.4 is 0 Å². The van der Waals surface area contributed by atoms with Gasteiger partial charge in [0, 0.05) is 16.6 Å². The highest BCUT2D eigenvalue weighted by Crippen LogP contribution is 2.45. The summed E-state index contributed by atoms with van der Waals surface area (Å²) in [6.45, 7) is 1.76. The molecule has 0 radical (unpaired) electrons. The summed E-state index contributed by atoms with van der Waals surface area (Å²) in [5, 5.41) is 9.26. The molecular formula is C14H16BrNO4S. The van der Waals surface area contributed by atoms with Crippen molar-refractivity contribution >= 4 is 31.9 Å². The number of carboxylic acids is 1. The van der Waals surface area contributed by atoms with Crippen LogP contribution in [0.3, 0.4) is 0 Å². The highest BCUT2D eigenvalue weighted by Gasteiger charge is 2.54. The Morgan fingerprint density at radius 1 is 1.38 bits per heavy atom. The zero-order valence-electron chi connectivity index (χ0n) is 11.5. The van der Waals surface area contributed by atoms with Gasteiger partial charge in [0.05, 0.1) is 10.8 Å². The van der Waals surface area contributed by atoms with Gasteiger partial charge in [0.25, 0.3) is 0 Å². The van der Waals surface area contributed by atoms with E-state index in [-0.39, 0.29) is 10.9 Å². The molecule has 2 saturated heterocycles. The highest BCUT2D eigenvalue weighted by molar-refractivity contribution is 9.10. The topological polar surface area (TPSA) is 74.7 Å². The zero-order chi connectivity index (χ0) is 15.4. The van der Waals surface area contributed by atoms with E-state index >= 15 is 0 Å². The van der Waals surface area contributed by atoms with E-state index in [4.69, 9.17) is 0 Å². The first-order chi connectivity index (χ1) is 9.82. The van der Waals surface area contributed by atoms with E-state index < -0.39 is 28.0 Å². The van der Waals surface area contributed by atoms with Crippen molar-refractivity contribution in [2.75, 3.05) is 0 Å². The molecule has 0 aromatic heterocycles. The summed E-state index contributed by atoms with van der Waals surface area (Å²) in [5.41, 5.74) is 0.677. The Morgan fingerprint density at radius 2 is 2.10 bits per heavy atom. The second-order valence-corrected chi connectivity index (χ2v) is 8.45. The smallest absolute Gasteiger partial charge is 0.308 e. The van der Waals surface area contributed by atoms with Gasteiger partial charge in [-0.25, -0.2) is 8.42 Å². The molecule has 2 heterocycles.